The minimum absolute atomic E-state index is 0.501. The molecule has 0 bridgehead atoms. The number of alkyl halides is 8. The Morgan fingerprint density at radius 1 is 1.07 bits per heavy atom. The molecule has 0 spiro atoms. The van der Waals surface area contributed by atoms with Gasteiger partial charge in [-0.2, -0.15) is 0 Å². The zero-order valence-corrected chi connectivity index (χ0v) is 11.5. The predicted molar refractivity (Wildman–Crippen MR) is 46.7 cm³/mol. The summed E-state index contributed by atoms with van der Waals surface area (Å²) in [6.45, 7) is 0. The van der Waals surface area contributed by atoms with Gasteiger partial charge in [0.25, 0.3) is 0 Å². The molecule has 1 aliphatic carbocycles. The normalized spacial score (nSPS) is 27.5. The Labute approximate surface area is 106 Å². The molecule has 0 saturated heterocycles. The molecule has 0 unspecified atom stereocenters. The van der Waals surface area contributed by atoms with Crippen LogP contribution in [0.5, 0.6) is 0 Å². The zero-order chi connectivity index (χ0) is 12.1. The average molecular weight is 457 g/mol. The molecule has 1 rings (SSSR count). The van der Waals surface area contributed by atoms with Gasteiger partial charge >= 0.3 is 106 Å². The van der Waals surface area contributed by atoms with Gasteiger partial charge in [0.05, 0.1) is 0 Å². The van der Waals surface area contributed by atoms with Crippen LogP contribution in [0.25, 0.3) is 0 Å². The zero-order valence-electron chi connectivity index (χ0n) is 7.23. The van der Waals surface area contributed by atoms with Gasteiger partial charge in [0.1, 0.15) is 0 Å². The van der Waals surface area contributed by atoms with E-state index in [4.69, 9.17) is 0 Å². The van der Waals surface area contributed by atoms with Crippen molar-refractivity contribution in [3.8, 4) is 0 Å². The van der Waals surface area contributed by atoms with Crippen LogP contribution in [0.4, 0.5) is 26.3 Å². The monoisotopic (exact) mass is 457 g/mol. The van der Waals surface area contributed by atoms with Crippen molar-refractivity contribution in [2.24, 2.45) is 0 Å². The van der Waals surface area contributed by atoms with E-state index >= 15 is 0 Å². The molecule has 0 saturated carbocycles. The van der Waals surface area contributed by atoms with Crippen molar-refractivity contribution >= 4 is 22.6 Å². The summed E-state index contributed by atoms with van der Waals surface area (Å²) in [7, 11) is 0. The van der Waals surface area contributed by atoms with E-state index < -0.39 is 52.6 Å². The van der Waals surface area contributed by atoms with Crippen LogP contribution in [0.2, 0.25) is 0 Å². The first-order chi connectivity index (χ1) is 6.64. The van der Waals surface area contributed by atoms with Crippen molar-refractivity contribution in [3.05, 3.63) is 9.15 Å². The first-order valence-electron chi connectivity index (χ1n) is 3.57. The van der Waals surface area contributed by atoms with E-state index in [1.807, 2.05) is 0 Å². The molecule has 0 atom stereocenters. The standard InChI is InChI=1S/C7H5F6I2/c1-15-4-3(2-14)5(8,9)7(12,13)6(4,10)11/h2H2,1H3/q-1. The molecule has 0 amide bonds. The molecule has 0 aromatic carbocycles. The van der Waals surface area contributed by atoms with Crippen LogP contribution in [0.3, 0.4) is 0 Å². The number of rotatable bonds is 2. The summed E-state index contributed by atoms with van der Waals surface area (Å²) in [6.07, 6.45) is 0. The van der Waals surface area contributed by atoms with Crippen LogP contribution < -0.4 is 21.2 Å². The van der Waals surface area contributed by atoms with E-state index in [1.54, 1.807) is 0 Å². The third-order valence-corrected chi connectivity index (χ3v) is 5.20. The number of hydrogen-bond acceptors (Lipinski definition) is 0. The summed E-state index contributed by atoms with van der Waals surface area (Å²) in [6, 6.07) is 0. The van der Waals surface area contributed by atoms with Crippen LogP contribution in [0.15, 0.2) is 9.15 Å². The number of halogens is 8. The molecule has 0 aromatic rings. The summed E-state index contributed by atoms with van der Waals surface area (Å²) in [5.41, 5.74) is -1.09. The van der Waals surface area contributed by atoms with E-state index in [2.05, 4.69) is 0 Å². The Bertz CT molecular complexity index is 281. The van der Waals surface area contributed by atoms with Crippen LogP contribution in [-0.4, -0.2) is 27.1 Å². The van der Waals surface area contributed by atoms with Gasteiger partial charge in [-0.3, -0.25) is 0 Å². The van der Waals surface area contributed by atoms with Crippen molar-refractivity contribution in [2.45, 2.75) is 17.8 Å². The van der Waals surface area contributed by atoms with E-state index in [1.165, 1.54) is 27.5 Å². The molecule has 15 heavy (non-hydrogen) atoms. The summed E-state index contributed by atoms with van der Waals surface area (Å²) in [4.78, 5) is 1.27. The van der Waals surface area contributed by atoms with Crippen molar-refractivity contribution in [1.82, 2.24) is 0 Å². The van der Waals surface area contributed by atoms with Crippen LogP contribution >= 0.6 is 22.6 Å². The van der Waals surface area contributed by atoms with E-state index in [0.717, 1.165) is 0 Å². The Morgan fingerprint density at radius 2 is 1.53 bits per heavy atom. The predicted octanol–water partition coefficient (Wildman–Crippen LogP) is 0.314. The Hall–Kier alpha value is 0.780. The van der Waals surface area contributed by atoms with Gasteiger partial charge in [-0.1, -0.05) is 0 Å². The second kappa shape index (κ2) is 3.91. The Morgan fingerprint density at radius 3 is 1.80 bits per heavy atom. The molecule has 0 aliphatic heterocycles. The number of allylic oxidation sites excluding steroid dienone is 2. The van der Waals surface area contributed by atoms with Crippen molar-refractivity contribution in [3.63, 3.8) is 0 Å². The van der Waals surface area contributed by atoms with Crippen molar-refractivity contribution < 1.29 is 47.5 Å². The van der Waals surface area contributed by atoms with E-state index in [9.17, 15) is 26.3 Å². The molecule has 0 radical (unpaired) electrons. The summed E-state index contributed by atoms with van der Waals surface area (Å²) in [5, 5.41) is 0. The second-order valence-corrected chi connectivity index (χ2v) is 5.76. The maximum atomic E-state index is 13.1. The molecule has 0 N–H and O–H groups in total. The van der Waals surface area contributed by atoms with Crippen LogP contribution in [0, 0.1) is 0 Å². The third kappa shape index (κ3) is 1.61. The molecule has 8 heteroatoms. The Balaban J connectivity index is 3.43. The van der Waals surface area contributed by atoms with Crippen molar-refractivity contribution in [2.75, 3.05) is 9.36 Å². The van der Waals surface area contributed by atoms with Gasteiger partial charge < -0.3 is 0 Å². The maximum absolute atomic E-state index is 13.1. The summed E-state index contributed by atoms with van der Waals surface area (Å²) in [5.74, 6) is -14.7. The first kappa shape index (κ1) is 13.8. The van der Waals surface area contributed by atoms with Crippen molar-refractivity contribution in [1.29, 1.82) is 0 Å². The molecule has 0 aromatic heterocycles. The fourth-order valence-corrected chi connectivity index (χ4v) is 5.01. The van der Waals surface area contributed by atoms with Gasteiger partial charge in [0.2, 0.25) is 0 Å². The molecule has 0 nitrogen and oxygen atoms in total. The molecular formula is C7H5F6I2-. The van der Waals surface area contributed by atoms with Crippen LogP contribution in [-0.2, 0) is 0 Å². The van der Waals surface area contributed by atoms with Gasteiger partial charge in [0.15, 0.2) is 0 Å². The molecular weight excluding hydrogens is 452 g/mol. The fraction of sp³-hybridized carbons (Fsp3) is 0.714. The molecule has 0 heterocycles. The van der Waals surface area contributed by atoms with E-state index in [0.29, 0.717) is 0 Å². The van der Waals surface area contributed by atoms with Gasteiger partial charge in [-0.15, -0.1) is 0 Å². The molecule has 1 aliphatic rings. The average Bonchev–Trinajstić information content (AvgIpc) is 2.20. The SMILES string of the molecule is C[I-]C1=C(CI)C(F)(F)C(F)(F)C1(F)F. The quantitative estimate of drug-likeness (QED) is 0.319. The van der Waals surface area contributed by atoms with E-state index in [-0.39, 0.29) is 0 Å². The second-order valence-electron chi connectivity index (χ2n) is 2.84. The summed E-state index contributed by atoms with van der Waals surface area (Å²) >= 11 is -0.0871. The number of hydrogen-bond donors (Lipinski definition) is 0. The third-order valence-electron chi connectivity index (χ3n) is 2.03. The minimum atomic E-state index is -5.29. The topological polar surface area (TPSA) is 0 Å². The van der Waals surface area contributed by atoms with Gasteiger partial charge in [0, 0.05) is 0 Å². The molecule has 90 valence electrons. The summed E-state index contributed by atoms with van der Waals surface area (Å²) < 4.78 is 76.4. The molecule has 0 fully saturated rings. The van der Waals surface area contributed by atoms with Gasteiger partial charge in [-0.25, -0.2) is 0 Å². The first-order valence-corrected chi connectivity index (χ1v) is 8.33. The van der Waals surface area contributed by atoms with Gasteiger partial charge in [-0.05, 0) is 0 Å². The van der Waals surface area contributed by atoms with Crippen LogP contribution in [0.1, 0.15) is 0 Å². The Kier molecular flexibility index (Phi) is 3.61. The fourth-order valence-electron chi connectivity index (χ4n) is 1.23.